The molecule has 0 aliphatic carbocycles. The van der Waals surface area contributed by atoms with Gasteiger partial charge < -0.3 is 4.90 Å². The van der Waals surface area contributed by atoms with Crippen LogP contribution >= 0.6 is 0 Å². The summed E-state index contributed by atoms with van der Waals surface area (Å²) < 4.78 is 1.14. The van der Waals surface area contributed by atoms with E-state index in [2.05, 4.69) is 59.5 Å². The molecule has 2 heteroatoms. The van der Waals surface area contributed by atoms with Gasteiger partial charge in [0.25, 0.3) is 0 Å². The van der Waals surface area contributed by atoms with Gasteiger partial charge in [-0.25, -0.2) is 0 Å². The maximum atomic E-state index is 2.54. The smallest absolute Gasteiger partial charge is 0.156 e. The Morgan fingerprint density at radius 2 is 1.53 bits per heavy atom. The van der Waals surface area contributed by atoms with Crippen molar-refractivity contribution in [2.75, 3.05) is 31.1 Å². The molecule has 5 rings (SSSR count). The summed E-state index contributed by atoms with van der Waals surface area (Å²) in [5, 5.41) is 0. The van der Waals surface area contributed by atoms with Gasteiger partial charge in [-0.05, 0) is 6.07 Å². The van der Waals surface area contributed by atoms with Crippen molar-refractivity contribution in [1.29, 1.82) is 0 Å². The highest BCUT2D eigenvalue weighted by Crippen LogP contribution is 2.42. The van der Waals surface area contributed by atoms with Gasteiger partial charge in [-0.2, -0.15) is 0 Å². The van der Waals surface area contributed by atoms with Gasteiger partial charge in [0, 0.05) is 11.6 Å². The molecule has 2 aromatic carbocycles. The first-order valence-electron chi connectivity index (χ1n) is 7.12. The molecule has 19 heavy (non-hydrogen) atoms. The van der Waals surface area contributed by atoms with Crippen molar-refractivity contribution < 1.29 is 0 Å². The monoisotopic (exact) mass is 251 g/mol. The first-order chi connectivity index (χ1) is 9.37. The van der Waals surface area contributed by atoms with Crippen molar-refractivity contribution in [3.05, 3.63) is 60.2 Å². The van der Waals surface area contributed by atoms with E-state index in [0.29, 0.717) is 0 Å². The third-order valence-electron chi connectivity index (χ3n) is 4.66. The van der Waals surface area contributed by atoms with Crippen molar-refractivity contribution in [2.24, 2.45) is 0 Å². The van der Waals surface area contributed by atoms with Crippen molar-refractivity contribution in [3.63, 3.8) is 0 Å². The highest BCUT2D eigenvalue weighted by atomic mass is 15.5. The molecule has 0 N–H and O–H groups in total. The minimum Gasteiger partial charge on any atom is -0.355 e. The molecule has 3 aliphatic rings. The normalized spacial score (nSPS) is 19.3. The molecule has 96 valence electrons. The number of hydrogen-bond donors (Lipinski definition) is 0. The van der Waals surface area contributed by atoms with Crippen molar-refractivity contribution >= 4 is 11.4 Å². The Kier molecular flexibility index (Phi) is 2.39. The first-order valence-corrected chi connectivity index (χ1v) is 7.12. The molecule has 0 saturated carbocycles. The van der Waals surface area contributed by atoms with Crippen LogP contribution in [0, 0.1) is 0 Å². The largest absolute Gasteiger partial charge is 0.355 e. The zero-order valence-electron chi connectivity index (χ0n) is 11.1. The maximum absolute atomic E-state index is 2.54. The van der Waals surface area contributed by atoms with Crippen LogP contribution in [0.2, 0.25) is 0 Å². The quantitative estimate of drug-likeness (QED) is 0.742. The highest BCUT2D eigenvalue weighted by molar-refractivity contribution is 5.73. The summed E-state index contributed by atoms with van der Waals surface area (Å²) in [4.78, 5) is 2.54. The molecule has 3 aliphatic heterocycles. The summed E-state index contributed by atoms with van der Waals surface area (Å²) in [5.74, 6) is 0. The molecule has 1 saturated heterocycles. The molecule has 0 unspecified atom stereocenters. The van der Waals surface area contributed by atoms with E-state index in [1.807, 2.05) is 0 Å². The second-order valence-corrected chi connectivity index (χ2v) is 5.71. The second-order valence-electron chi connectivity index (χ2n) is 5.71. The molecule has 2 nitrogen and oxygen atoms in total. The van der Waals surface area contributed by atoms with E-state index < -0.39 is 0 Å². The third kappa shape index (κ3) is 1.67. The van der Waals surface area contributed by atoms with E-state index in [1.54, 1.807) is 0 Å². The van der Waals surface area contributed by atoms with Crippen LogP contribution < -0.4 is 9.38 Å². The summed E-state index contributed by atoms with van der Waals surface area (Å²) in [5.41, 5.74) is 4.42. The number of hydrogen-bond acceptors (Lipinski definition) is 1. The zero-order valence-corrected chi connectivity index (χ0v) is 11.1. The molecule has 2 bridgehead atoms. The molecule has 0 spiro atoms. The molecule has 0 radical (unpaired) electrons. The summed E-state index contributed by atoms with van der Waals surface area (Å²) in [6.07, 6.45) is 0. The van der Waals surface area contributed by atoms with E-state index in [-0.39, 0.29) is 0 Å². The number of piperazine rings is 1. The van der Waals surface area contributed by atoms with Crippen LogP contribution in [0.5, 0.6) is 0 Å². The number of para-hydroxylation sites is 2. The van der Waals surface area contributed by atoms with Gasteiger partial charge in [0.2, 0.25) is 0 Å². The Balaban J connectivity index is 1.78. The van der Waals surface area contributed by atoms with Crippen LogP contribution in [-0.4, -0.2) is 26.2 Å². The fourth-order valence-electron chi connectivity index (χ4n) is 3.64. The molecular formula is C17H19N2+. The van der Waals surface area contributed by atoms with Gasteiger partial charge in [-0.15, -0.1) is 0 Å². The predicted molar refractivity (Wildman–Crippen MR) is 80.3 cm³/mol. The minimum absolute atomic E-state index is 1.13. The number of quaternary nitrogens is 1. The van der Waals surface area contributed by atoms with E-state index in [1.165, 1.54) is 43.1 Å². The van der Waals surface area contributed by atoms with E-state index in [0.717, 1.165) is 11.0 Å². The Labute approximate surface area is 114 Å². The minimum atomic E-state index is 1.13. The first kappa shape index (κ1) is 11.1. The van der Waals surface area contributed by atoms with Gasteiger partial charge in [0.1, 0.15) is 19.6 Å². The van der Waals surface area contributed by atoms with Gasteiger partial charge >= 0.3 is 0 Å². The molecular weight excluding hydrogens is 232 g/mol. The lowest BCUT2D eigenvalue weighted by Crippen LogP contribution is -2.64. The lowest BCUT2D eigenvalue weighted by atomic mass is 10.0. The molecule has 2 aromatic rings. The summed E-state index contributed by atoms with van der Waals surface area (Å²) in [7, 11) is 0. The van der Waals surface area contributed by atoms with E-state index in [9.17, 15) is 0 Å². The average molecular weight is 251 g/mol. The molecule has 0 atom stereocenters. The molecule has 0 amide bonds. The third-order valence-corrected chi connectivity index (χ3v) is 4.66. The van der Waals surface area contributed by atoms with Crippen LogP contribution in [0.3, 0.4) is 0 Å². The summed E-state index contributed by atoms with van der Waals surface area (Å²) in [6, 6.07) is 19.9. The fraction of sp³-hybridized carbons (Fsp3) is 0.294. The summed E-state index contributed by atoms with van der Waals surface area (Å²) in [6.45, 7) is 6.01. The van der Waals surface area contributed by atoms with Crippen LogP contribution in [-0.2, 0) is 6.54 Å². The standard InChI is InChI=1S/C17H19N2/c1-2-6-15(7-3-1)14-19-12-10-18(11-13-19)16-8-4-5-9-17(16)19/h1-9H,10-14H2/q+1. The number of nitrogens with zero attached hydrogens (tertiary/aromatic N) is 2. The van der Waals surface area contributed by atoms with Crippen LogP contribution in [0.1, 0.15) is 5.56 Å². The van der Waals surface area contributed by atoms with Gasteiger partial charge in [-0.1, -0.05) is 42.5 Å². The Morgan fingerprint density at radius 1 is 0.842 bits per heavy atom. The van der Waals surface area contributed by atoms with Gasteiger partial charge in [0.05, 0.1) is 18.8 Å². The topological polar surface area (TPSA) is 3.24 Å². The van der Waals surface area contributed by atoms with E-state index in [4.69, 9.17) is 0 Å². The fourth-order valence-corrected chi connectivity index (χ4v) is 3.64. The molecule has 0 aromatic heterocycles. The number of rotatable bonds is 2. The maximum Gasteiger partial charge on any atom is 0.156 e. The molecule has 1 fully saturated rings. The predicted octanol–water partition coefficient (Wildman–Crippen LogP) is 3.03. The summed E-state index contributed by atoms with van der Waals surface area (Å²) >= 11 is 0. The average Bonchev–Trinajstić information content (AvgIpc) is 2.50. The SMILES string of the molecule is c1ccc(C[N+]23CCN(CC2)c2ccccc23)cc1. The Hall–Kier alpha value is -1.80. The van der Waals surface area contributed by atoms with Crippen LogP contribution in [0.15, 0.2) is 54.6 Å². The van der Waals surface area contributed by atoms with Crippen LogP contribution in [0.25, 0.3) is 0 Å². The van der Waals surface area contributed by atoms with Crippen molar-refractivity contribution in [3.8, 4) is 0 Å². The second kappa shape index (κ2) is 4.10. The van der Waals surface area contributed by atoms with Crippen molar-refractivity contribution in [2.45, 2.75) is 6.54 Å². The Morgan fingerprint density at radius 3 is 2.32 bits per heavy atom. The number of anilines is 1. The van der Waals surface area contributed by atoms with Gasteiger partial charge in [0.15, 0.2) is 5.69 Å². The lowest BCUT2D eigenvalue weighted by molar-refractivity contribution is 0.233. The molecule has 3 heterocycles. The number of fused-ring (bicyclic) bond motifs is 2. The zero-order chi connectivity index (χ0) is 12.7. The number of benzene rings is 2. The lowest BCUT2D eigenvalue weighted by Gasteiger charge is -2.51. The van der Waals surface area contributed by atoms with Crippen LogP contribution in [0.4, 0.5) is 11.4 Å². The highest BCUT2D eigenvalue weighted by Gasteiger charge is 2.43. The van der Waals surface area contributed by atoms with Crippen molar-refractivity contribution in [1.82, 2.24) is 4.48 Å². The van der Waals surface area contributed by atoms with E-state index >= 15 is 0 Å². The van der Waals surface area contributed by atoms with Gasteiger partial charge in [-0.3, -0.25) is 4.48 Å². The Bertz CT molecular complexity index is 583.